The van der Waals surface area contributed by atoms with Crippen molar-refractivity contribution in [2.45, 2.75) is 31.7 Å². The van der Waals surface area contributed by atoms with Crippen LogP contribution in [-0.2, 0) is 6.54 Å². The van der Waals surface area contributed by atoms with Crippen LogP contribution in [0.25, 0.3) is 11.1 Å². The summed E-state index contributed by atoms with van der Waals surface area (Å²) in [7, 11) is -0.870. The van der Waals surface area contributed by atoms with E-state index >= 15 is 0 Å². The van der Waals surface area contributed by atoms with Crippen LogP contribution in [0.2, 0.25) is 25.2 Å². The molecule has 1 aliphatic rings. The minimum atomic E-state index is -0.870. The fourth-order valence-electron chi connectivity index (χ4n) is 2.94. The van der Waals surface area contributed by atoms with E-state index in [9.17, 15) is 0 Å². The zero-order valence-electron chi connectivity index (χ0n) is 13.0. The summed E-state index contributed by atoms with van der Waals surface area (Å²) in [5.74, 6) is 0. The van der Waals surface area contributed by atoms with E-state index in [1.54, 1.807) is 0 Å². The zero-order chi connectivity index (χ0) is 14.7. The summed E-state index contributed by atoms with van der Waals surface area (Å²) in [5.41, 5.74) is 3.80. The molecule has 2 nitrogen and oxygen atoms in total. The van der Waals surface area contributed by atoms with Gasteiger partial charge in [0.15, 0.2) is 0 Å². The maximum atomic E-state index is 4.44. The van der Waals surface area contributed by atoms with E-state index in [1.165, 1.54) is 41.9 Å². The topological polar surface area (TPSA) is 16.1 Å². The second-order valence-corrected chi connectivity index (χ2v) is 12.2. The number of benzene rings is 1. The molecule has 3 rings (SSSR count). The molecule has 1 aliphatic heterocycles. The first-order valence-corrected chi connectivity index (χ1v) is 11.3. The van der Waals surface area contributed by atoms with Crippen molar-refractivity contribution >= 4 is 8.07 Å². The molecule has 3 heteroatoms. The highest BCUT2D eigenvalue weighted by atomic mass is 28.3. The number of hydrogen-bond acceptors (Lipinski definition) is 2. The van der Waals surface area contributed by atoms with Gasteiger partial charge in [0.1, 0.15) is 0 Å². The van der Waals surface area contributed by atoms with Gasteiger partial charge in [0.25, 0.3) is 0 Å². The molecule has 0 unspecified atom stereocenters. The monoisotopic (exact) mass is 296 g/mol. The van der Waals surface area contributed by atoms with Gasteiger partial charge >= 0.3 is 0 Å². The van der Waals surface area contributed by atoms with Gasteiger partial charge < -0.3 is 0 Å². The lowest BCUT2D eigenvalue weighted by atomic mass is 10.1. The molecule has 0 amide bonds. The van der Waals surface area contributed by atoms with Crippen LogP contribution in [0, 0.1) is 0 Å². The summed E-state index contributed by atoms with van der Waals surface area (Å²) in [5, 5.41) is 0. The van der Waals surface area contributed by atoms with E-state index in [1.807, 2.05) is 12.4 Å². The molecule has 2 heterocycles. The van der Waals surface area contributed by atoms with Crippen molar-refractivity contribution in [3.8, 4) is 11.1 Å². The Kier molecular flexibility index (Phi) is 4.22. The Morgan fingerprint density at radius 2 is 1.71 bits per heavy atom. The summed E-state index contributed by atoms with van der Waals surface area (Å²) in [4.78, 5) is 7.02. The molecule has 1 fully saturated rings. The van der Waals surface area contributed by atoms with Gasteiger partial charge in [-0.1, -0.05) is 43.4 Å². The maximum Gasteiger partial charge on any atom is 0.0498 e. The second kappa shape index (κ2) is 6.12. The minimum absolute atomic E-state index is 0.870. The maximum absolute atomic E-state index is 4.44. The smallest absolute Gasteiger partial charge is 0.0498 e. The number of hydrogen-bond donors (Lipinski definition) is 0. The van der Waals surface area contributed by atoms with E-state index < -0.39 is 8.07 Å². The molecule has 1 aromatic carbocycles. The molecule has 110 valence electrons. The quantitative estimate of drug-likeness (QED) is 0.786. The third kappa shape index (κ3) is 3.80. The fourth-order valence-corrected chi connectivity index (χ4v) is 5.03. The van der Waals surface area contributed by atoms with Gasteiger partial charge in [-0.15, -0.1) is 0 Å². The fraction of sp³-hybridized carbons (Fsp3) is 0.389. The highest BCUT2D eigenvalue weighted by molar-refractivity contribution is 6.77. The van der Waals surface area contributed by atoms with Crippen molar-refractivity contribution in [1.29, 1.82) is 0 Å². The van der Waals surface area contributed by atoms with Crippen LogP contribution in [0.3, 0.4) is 0 Å². The van der Waals surface area contributed by atoms with Crippen LogP contribution in [-0.4, -0.2) is 31.0 Å². The van der Waals surface area contributed by atoms with Crippen molar-refractivity contribution < 1.29 is 0 Å². The SMILES string of the molecule is C[Si]1(C)CCN(Cc2cncc(-c3ccccc3)c2)CC1. The molecule has 0 radical (unpaired) electrons. The van der Waals surface area contributed by atoms with Crippen LogP contribution in [0.1, 0.15) is 5.56 Å². The summed E-state index contributed by atoms with van der Waals surface area (Å²) < 4.78 is 0. The average Bonchev–Trinajstić information content (AvgIpc) is 2.51. The van der Waals surface area contributed by atoms with Crippen LogP contribution >= 0.6 is 0 Å². The van der Waals surface area contributed by atoms with Crippen molar-refractivity contribution in [3.05, 3.63) is 54.4 Å². The lowest BCUT2D eigenvalue weighted by molar-refractivity contribution is 0.281. The van der Waals surface area contributed by atoms with E-state index in [4.69, 9.17) is 0 Å². The lowest BCUT2D eigenvalue weighted by Crippen LogP contribution is -2.42. The minimum Gasteiger partial charge on any atom is -0.300 e. The molecular weight excluding hydrogens is 272 g/mol. The lowest BCUT2D eigenvalue weighted by Gasteiger charge is -2.35. The summed E-state index contributed by atoms with van der Waals surface area (Å²) >= 11 is 0. The Labute approximate surface area is 128 Å². The number of pyridine rings is 1. The molecule has 1 aromatic heterocycles. The predicted octanol–water partition coefficient (Wildman–Crippen LogP) is 4.27. The van der Waals surface area contributed by atoms with Crippen molar-refractivity contribution in [1.82, 2.24) is 9.88 Å². The first kappa shape index (κ1) is 14.5. The Morgan fingerprint density at radius 3 is 2.43 bits per heavy atom. The number of aromatic nitrogens is 1. The first-order valence-electron chi connectivity index (χ1n) is 7.84. The van der Waals surface area contributed by atoms with Gasteiger partial charge in [0, 0.05) is 32.6 Å². The van der Waals surface area contributed by atoms with E-state index in [-0.39, 0.29) is 0 Å². The molecule has 0 spiro atoms. The van der Waals surface area contributed by atoms with E-state index in [2.05, 4.69) is 59.4 Å². The van der Waals surface area contributed by atoms with Crippen molar-refractivity contribution in [2.75, 3.05) is 13.1 Å². The summed E-state index contributed by atoms with van der Waals surface area (Å²) in [6, 6.07) is 15.7. The molecular formula is C18H24N2Si. The van der Waals surface area contributed by atoms with Crippen LogP contribution in [0.4, 0.5) is 0 Å². The zero-order valence-corrected chi connectivity index (χ0v) is 14.0. The second-order valence-electron chi connectivity index (χ2n) is 6.89. The van der Waals surface area contributed by atoms with Gasteiger partial charge in [-0.2, -0.15) is 0 Å². The first-order chi connectivity index (χ1) is 10.1. The molecule has 0 bridgehead atoms. The molecule has 1 saturated heterocycles. The Hall–Kier alpha value is -1.45. The van der Waals surface area contributed by atoms with Crippen LogP contribution in [0.15, 0.2) is 48.8 Å². The van der Waals surface area contributed by atoms with Crippen molar-refractivity contribution in [3.63, 3.8) is 0 Å². The Morgan fingerprint density at radius 1 is 1.00 bits per heavy atom. The number of rotatable bonds is 3. The Bertz CT molecular complexity index is 585. The predicted molar refractivity (Wildman–Crippen MR) is 92.0 cm³/mol. The third-order valence-corrected chi connectivity index (χ3v) is 7.67. The Balaban J connectivity index is 1.70. The molecule has 0 aliphatic carbocycles. The summed E-state index contributed by atoms with van der Waals surface area (Å²) in [6.45, 7) is 8.59. The van der Waals surface area contributed by atoms with Gasteiger partial charge in [0.2, 0.25) is 0 Å². The van der Waals surface area contributed by atoms with E-state index in [0.29, 0.717) is 0 Å². The van der Waals surface area contributed by atoms with Gasteiger partial charge in [-0.3, -0.25) is 9.88 Å². The van der Waals surface area contributed by atoms with Crippen LogP contribution < -0.4 is 0 Å². The number of nitrogens with zero attached hydrogens (tertiary/aromatic N) is 2. The molecule has 21 heavy (non-hydrogen) atoms. The summed E-state index contributed by atoms with van der Waals surface area (Å²) in [6.07, 6.45) is 3.98. The molecule has 2 aromatic rings. The molecule has 0 N–H and O–H groups in total. The average molecular weight is 296 g/mol. The van der Waals surface area contributed by atoms with Gasteiger partial charge in [-0.05, 0) is 42.4 Å². The normalized spacial score (nSPS) is 18.6. The standard InChI is InChI=1S/C18H24N2Si/c1-21(2)10-8-20(9-11-21)15-16-12-18(14-19-13-16)17-6-4-3-5-7-17/h3-7,12-14H,8-11,15H2,1-2H3. The highest BCUT2D eigenvalue weighted by Gasteiger charge is 2.27. The van der Waals surface area contributed by atoms with Gasteiger partial charge in [0.05, 0.1) is 0 Å². The van der Waals surface area contributed by atoms with E-state index in [0.717, 1.165) is 6.54 Å². The molecule has 0 saturated carbocycles. The van der Waals surface area contributed by atoms with Gasteiger partial charge in [-0.25, -0.2) is 0 Å². The molecule has 0 atom stereocenters. The largest absolute Gasteiger partial charge is 0.300 e. The third-order valence-electron chi connectivity index (χ3n) is 4.52. The van der Waals surface area contributed by atoms with Crippen molar-refractivity contribution in [2.24, 2.45) is 0 Å². The highest BCUT2D eigenvalue weighted by Crippen LogP contribution is 2.24. The van der Waals surface area contributed by atoms with Crippen LogP contribution in [0.5, 0.6) is 0 Å².